The van der Waals surface area contributed by atoms with Crippen LogP contribution in [0, 0.1) is 11.3 Å². The largest absolute Gasteiger partial charge is 0.495 e. The van der Waals surface area contributed by atoms with Crippen molar-refractivity contribution in [3.8, 4) is 11.8 Å². The van der Waals surface area contributed by atoms with Crippen molar-refractivity contribution in [2.45, 2.75) is 44.6 Å². The molecule has 2 heterocycles. The zero-order chi connectivity index (χ0) is 21.0. The second kappa shape index (κ2) is 9.55. The number of halogens is 1. The molecule has 0 aromatic heterocycles. The highest BCUT2D eigenvalue weighted by Gasteiger charge is 2.31. The summed E-state index contributed by atoms with van der Waals surface area (Å²) >= 11 is 7.46. The molecule has 2 atom stereocenters. The lowest BCUT2D eigenvalue weighted by molar-refractivity contribution is -0.131. The Bertz CT molecular complexity index is 880. The van der Waals surface area contributed by atoms with Crippen LogP contribution in [0.5, 0.6) is 5.75 Å². The van der Waals surface area contributed by atoms with Crippen molar-refractivity contribution in [2.24, 2.45) is 0 Å². The Kier molecular flexibility index (Phi) is 7.09. The van der Waals surface area contributed by atoms with E-state index in [4.69, 9.17) is 16.3 Å². The van der Waals surface area contributed by atoms with Gasteiger partial charge in [-0.2, -0.15) is 5.26 Å². The number of rotatable bonds is 5. The van der Waals surface area contributed by atoms with Crippen molar-refractivity contribution in [1.29, 1.82) is 5.26 Å². The zero-order valence-electron chi connectivity index (χ0n) is 16.5. The fraction of sp³-hybridized carbons (Fsp3) is 0.476. The SMILES string of the molecule is COc1ccc([C@H]2CC(=O)NC(SCC(=O)N3CCCC[C@H]3C)=C2C#N)cc1Cl. The Balaban J connectivity index is 1.80. The minimum absolute atomic E-state index is 0.0378. The Morgan fingerprint density at radius 1 is 1.45 bits per heavy atom. The van der Waals surface area contributed by atoms with E-state index in [1.54, 1.807) is 12.1 Å². The topological polar surface area (TPSA) is 82.4 Å². The van der Waals surface area contributed by atoms with Crippen molar-refractivity contribution < 1.29 is 14.3 Å². The number of benzene rings is 1. The standard InChI is InChI=1S/C21H24ClN3O3S/c1-13-5-3-4-8-25(13)20(27)12-29-21-16(11-23)15(10-19(26)24-21)14-6-7-18(28-2)17(22)9-14/h6-7,9,13,15H,3-5,8,10,12H2,1-2H3,(H,24,26)/t13-,15-/m1/s1. The monoisotopic (exact) mass is 433 g/mol. The molecule has 0 aliphatic carbocycles. The van der Waals surface area contributed by atoms with Crippen molar-refractivity contribution in [3.63, 3.8) is 0 Å². The fourth-order valence-corrected chi connectivity index (χ4v) is 5.03. The number of nitriles is 1. The summed E-state index contributed by atoms with van der Waals surface area (Å²) in [6.07, 6.45) is 3.33. The number of hydrogen-bond acceptors (Lipinski definition) is 5. The van der Waals surface area contributed by atoms with Gasteiger partial charge in [0.2, 0.25) is 11.8 Å². The first kappa shape index (κ1) is 21.5. The van der Waals surface area contributed by atoms with Crippen LogP contribution in [0.15, 0.2) is 28.8 Å². The molecule has 0 radical (unpaired) electrons. The molecule has 0 bridgehead atoms. The van der Waals surface area contributed by atoms with Crippen LogP contribution in [-0.2, 0) is 9.59 Å². The second-order valence-corrected chi connectivity index (χ2v) is 8.67. The van der Waals surface area contributed by atoms with Gasteiger partial charge in [-0.15, -0.1) is 0 Å². The van der Waals surface area contributed by atoms with Crippen LogP contribution in [0.3, 0.4) is 0 Å². The van der Waals surface area contributed by atoms with Crippen molar-refractivity contribution >= 4 is 35.2 Å². The van der Waals surface area contributed by atoms with Gasteiger partial charge in [0, 0.05) is 24.9 Å². The van der Waals surface area contributed by atoms with Gasteiger partial charge in [0.15, 0.2) is 0 Å². The molecule has 1 aromatic rings. The molecule has 0 unspecified atom stereocenters. The lowest BCUT2D eigenvalue weighted by atomic mass is 9.87. The molecule has 6 nitrogen and oxygen atoms in total. The molecule has 29 heavy (non-hydrogen) atoms. The number of carbonyl (C=O) groups excluding carboxylic acids is 2. The summed E-state index contributed by atoms with van der Waals surface area (Å²) in [6.45, 7) is 2.83. The van der Waals surface area contributed by atoms with Crippen LogP contribution in [0.4, 0.5) is 0 Å². The molecule has 3 rings (SSSR count). The summed E-state index contributed by atoms with van der Waals surface area (Å²) in [4.78, 5) is 26.9. The van der Waals surface area contributed by atoms with Crippen molar-refractivity contribution in [1.82, 2.24) is 10.2 Å². The number of nitrogens with one attached hydrogen (secondary N) is 1. The van der Waals surface area contributed by atoms with E-state index in [-0.39, 0.29) is 30.0 Å². The molecule has 1 aromatic carbocycles. The van der Waals surface area contributed by atoms with Crippen LogP contribution in [0.25, 0.3) is 0 Å². The first-order valence-corrected chi connectivity index (χ1v) is 11.0. The molecular weight excluding hydrogens is 410 g/mol. The number of methoxy groups -OCH3 is 1. The molecule has 8 heteroatoms. The van der Waals surface area contributed by atoms with E-state index in [9.17, 15) is 14.9 Å². The molecule has 0 saturated carbocycles. The minimum atomic E-state index is -0.399. The average Bonchev–Trinajstić information content (AvgIpc) is 2.71. The summed E-state index contributed by atoms with van der Waals surface area (Å²) in [5.74, 6) is 0.192. The summed E-state index contributed by atoms with van der Waals surface area (Å²) in [6, 6.07) is 7.73. The van der Waals surface area contributed by atoms with Crippen LogP contribution < -0.4 is 10.1 Å². The maximum Gasteiger partial charge on any atom is 0.233 e. The minimum Gasteiger partial charge on any atom is -0.495 e. The molecule has 0 spiro atoms. The van der Waals surface area contributed by atoms with Gasteiger partial charge in [-0.3, -0.25) is 9.59 Å². The smallest absolute Gasteiger partial charge is 0.233 e. The van der Waals surface area contributed by atoms with Crippen LogP contribution >= 0.6 is 23.4 Å². The molecule has 154 valence electrons. The molecular formula is C21H24ClN3O3S. The molecule has 2 aliphatic heterocycles. The Labute approximate surface area is 180 Å². The van der Waals surface area contributed by atoms with Gasteiger partial charge in [-0.1, -0.05) is 29.4 Å². The van der Waals surface area contributed by atoms with Crippen molar-refractivity contribution in [3.05, 3.63) is 39.4 Å². The Morgan fingerprint density at radius 2 is 2.24 bits per heavy atom. The van der Waals surface area contributed by atoms with Gasteiger partial charge in [0.1, 0.15) is 5.75 Å². The van der Waals surface area contributed by atoms with E-state index in [1.165, 1.54) is 18.9 Å². The Morgan fingerprint density at radius 3 is 2.90 bits per heavy atom. The maximum atomic E-state index is 12.6. The summed E-state index contributed by atoms with van der Waals surface area (Å²) in [5.41, 5.74) is 1.23. The number of carbonyl (C=O) groups is 2. The molecule has 2 amide bonds. The van der Waals surface area contributed by atoms with Gasteiger partial charge in [0.25, 0.3) is 0 Å². The highest BCUT2D eigenvalue weighted by molar-refractivity contribution is 8.03. The number of piperidine rings is 1. The summed E-state index contributed by atoms with van der Waals surface area (Å²) < 4.78 is 5.18. The third-order valence-electron chi connectivity index (χ3n) is 5.40. The van der Waals surface area contributed by atoms with E-state index < -0.39 is 5.92 Å². The van der Waals surface area contributed by atoms with E-state index in [1.807, 2.05) is 11.0 Å². The molecule has 1 N–H and O–H groups in total. The van der Waals surface area contributed by atoms with Gasteiger partial charge >= 0.3 is 0 Å². The van der Waals surface area contributed by atoms with Gasteiger partial charge in [0.05, 0.1) is 34.6 Å². The second-order valence-electron chi connectivity index (χ2n) is 7.27. The number of likely N-dealkylation sites (tertiary alicyclic amines) is 1. The van der Waals surface area contributed by atoms with Crippen LogP contribution in [0.1, 0.15) is 44.1 Å². The van der Waals surface area contributed by atoms with Gasteiger partial charge < -0.3 is 15.0 Å². The van der Waals surface area contributed by atoms with Crippen LogP contribution in [0.2, 0.25) is 5.02 Å². The summed E-state index contributed by atoms with van der Waals surface area (Å²) in [5, 5.41) is 13.4. The normalized spacial score (nSPS) is 22.1. The predicted molar refractivity (Wildman–Crippen MR) is 114 cm³/mol. The zero-order valence-corrected chi connectivity index (χ0v) is 18.1. The number of allylic oxidation sites excluding steroid dienone is 1. The highest BCUT2D eigenvalue weighted by Crippen LogP contribution is 2.38. The average molecular weight is 434 g/mol. The van der Waals surface area contributed by atoms with E-state index in [0.717, 1.165) is 31.4 Å². The molecule has 1 fully saturated rings. The number of ether oxygens (including phenoxy) is 1. The summed E-state index contributed by atoms with van der Waals surface area (Å²) in [7, 11) is 1.53. The number of amides is 2. The number of hydrogen-bond donors (Lipinski definition) is 1. The first-order valence-electron chi connectivity index (χ1n) is 9.64. The third-order valence-corrected chi connectivity index (χ3v) is 6.69. The van der Waals surface area contributed by atoms with E-state index in [2.05, 4.69) is 18.3 Å². The van der Waals surface area contributed by atoms with Crippen LogP contribution in [-0.4, -0.2) is 42.2 Å². The van der Waals surface area contributed by atoms with Crippen molar-refractivity contribution in [2.75, 3.05) is 19.4 Å². The van der Waals surface area contributed by atoms with Gasteiger partial charge in [-0.25, -0.2) is 0 Å². The number of nitrogens with zero attached hydrogens (tertiary/aromatic N) is 2. The fourth-order valence-electron chi connectivity index (χ4n) is 3.80. The van der Waals surface area contributed by atoms with Gasteiger partial charge in [-0.05, 0) is 43.9 Å². The first-order chi connectivity index (χ1) is 13.9. The lowest BCUT2D eigenvalue weighted by Gasteiger charge is -2.33. The predicted octanol–water partition coefficient (Wildman–Crippen LogP) is 3.82. The molecule has 2 aliphatic rings. The highest BCUT2D eigenvalue weighted by atomic mass is 35.5. The Hall–Kier alpha value is -2.17. The molecule has 1 saturated heterocycles. The lowest BCUT2D eigenvalue weighted by Crippen LogP contribution is -2.43. The van der Waals surface area contributed by atoms with E-state index in [0.29, 0.717) is 21.4 Å². The third kappa shape index (κ3) is 4.88. The number of thioether (sulfide) groups is 1. The maximum absolute atomic E-state index is 12.6. The quantitative estimate of drug-likeness (QED) is 0.763. The van der Waals surface area contributed by atoms with E-state index >= 15 is 0 Å².